The molecule has 1 aliphatic rings. The molecule has 0 aliphatic carbocycles. The number of rotatable bonds is 5. The first-order valence-corrected chi connectivity index (χ1v) is 6.98. The Hall–Kier alpha value is -0.870. The predicted octanol–water partition coefficient (Wildman–Crippen LogP) is 2.45. The van der Waals surface area contributed by atoms with E-state index >= 15 is 0 Å². The monoisotopic (exact) mass is 251 g/mol. The third kappa shape index (κ3) is 2.31. The van der Waals surface area contributed by atoms with Crippen LogP contribution in [0.1, 0.15) is 51.8 Å². The maximum atomic E-state index is 6.41. The summed E-state index contributed by atoms with van der Waals surface area (Å²) in [5.41, 5.74) is 7.67. The highest BCUT2D eigenvalue weighted by Gasteiger charge is 2.30. The number of hydrogen-bond donors (Lipinski definition) is 1. The van der Waals surface area contributed by atoms with Gasteiger partial charge in [0, 0.05) is 24.3 Å². The van der Waals surface area contributed by atoms with E-state index in [2.05, 4.69) is 30.3 Å². The zero-order valence-electron chi connectivity index (χ0n) is 11.7. The maximum absolute atomic E-state index is 6.41. The Morgan fingerprint density at radius 1 is 1.56 bits per heavy atom. The zero-order valence-corrected chi connectivity index (χ0v) is 11.7. The molecule has 1 aromatic rings. The largest absolute Gasteiger partial charge is 0.381 e. The summed E-state index contributed by atoms with van der Waals surface area (Å²) in [7, 11) is 0. The van der Waals surface area contributed by atoms with E-state index in [0.29, 0.717) is 5.92 Å². The molecule has 1 saturated heterocycles. The van der Waals surface area contributed by atoms with Crippen LogP contribution in [0.5, 0.6) is 0 Å². The van der Waals surface area contributed by atoms with E-state index in [1.807, 2.05) is 12.5 Å². The van der Waals surface area contributed by atoms with Gasteiger partial charge in [0.25, 0.3) is 0 Å². The zero-order chi connectivity index (χ0) is 13.2. The summed E-state index contributed by atoms with van der Waals surface area (Å²) in [6.07, 6.45) is 7.08. The predicted molar refractivity (Wildman–Crippen MR) is 72.3 cm³/mol. The van der Waals surface area contributed by atoms with Crippen LogP contribution in [0.3, 0.4) is 0 Å². The first-order chi connectivity index (χ1) is 8.62. The summed E-state index contributed by atoms with van der Waals surface area (Å²) in [4.78, 5) is 4.32. The lowest BCUT2D eigenvalue weighted by atomic mass is 9.92. The average molecular weight is 251 g/mol. The molecule has 0 bridgehead atoms. The van der Waals surface area contributed by atoms with Gasteiger partial charge in [-0.05, 0) is 26.2 Å². The van der Waals surface area contributed by atoms with E-state index in [4.69, 9.17) is 10.5 Å². The number of ether oxygens (including phenoxy) is 1. The van der Waals surface area contributed by atoms with Crippen LogP contribution in [-0.4, -0.2) is 22.8 Å². The van der Waals surface area contributed by atoms with Crippen molar-refractivity contribution in [3.63, 3.8) is 0 Å². The Bertz CT molecular complexity index is 378. The average Bonchev–Trinajstić information content (AvgIpc) is 3.07. The van der Waals surface area contributed by atoms with Crippen LogP contribution >= 0.6 is 0 Å². The molecular formula is C14H25N3O. The van der Waals surface area contributed by atoms with Gasteiger partial charge < -0.3 is 15.0 Å². The summed E-state index contributed by atoms with van der Waals surface area (Å²) in [5.74, 6) is 0.429. The van der Waals surface area contributed by atoms with E-state index in [0.717, 1.165) is 38.2 Å². The lowest BCUT2D eigenvalue weighted by molar-refractivity contribution is 0.178. The molecule has 0 spiro atoms. The van der Waals surface area contributed by atoms with Gasteiger partial charge in [-0.25, -0.2) is 4.98 Å². The van der Waals surface area contributed by atoms with Crippen molar-refractivity contribution in [1.82, 2.24) is 9.55 Å². The van der Waals surface area contributed by atoms with Gasteiger partial charge in [-0.15, -0.1) is 0 Å². The topological polar surface area (TPSA) is 53.1 Å². The normalized spacial score (nSPS) is 22.3. The standard InChI is InChI=1S/C14H25N3O/c1-4-14(3,5-2)17-10-16-8-12(17)13(15)11-6-7-18-9-11/h8,10-11,13H,4-7,9,15H2,1-3H3. The van der Waals surface area contributed by atoms with E-state index in [1.165, 1.54) is 0 Å². The number of nitrogens with zero attached hydrogens (tertiary/aromatic N) is 2. The molecule has 2 atom stereocenters. The van der Waals surface area contributed by atoms with Crippen molar-refractivity contribution in [3.8, 4) is 0 Å². The molecule has 0 saturated carbocycles. The molecule has 18 heavy (non-hydrogen) atoms. The third-order valence-corrected chi connectivity index (χ3v) is 4.59. The SMILES string of the molecule is CCC(C)(CC)n1cncc1C(N)C1CCOC1. The molecular weight excluding hydrogens is 226 g/mol. The lowest BCUT2D eigenvalue weighted by Gasteiger charge is -2.33. The van der Waals surface area contributed by atoms with Gasteiger partial charge in [-0.1, -0.05) is 13.8 Å². The Balaban J connectivity index is 2.26. The minimum absolute atomic E-state index is 0.0347. The van der Waals surface area contributed by atoms with Crippen molar-refractivity contribution in [2.24, 2.45) is 11.7 Å². The summed E-state index contributed by atoms with van der Waals surface area (Å²) in [6, 6.07) is 0.0347. The Morgan fingerprint density at radius 2 is 2.28 bits per heavy atom. The molecule has 0 radical (unpaired) electrons. The second-order valence-corrected chi connectivity index (χ2v) is 5.54. The molecule has 2 N–H and O–H groups in total. The van der Waals surface area contributed by atoms with E-state index < -0.39 is 0 Å². The Kier molecular flexibility index (Phi) is 4.07. The van der Waals surface area contributed by atoms with Crippen molar-refractivity contribution in [2.45, 2.75) is 51.6 Å². The molecule has 1 aromatic heterocycles. The fourth-order valence-corrected chi connectivity index (χ4v) is 2.67. The fourth-order valence-electron chi connectivity index (χ4n) is 2.67. The van der Waals surface area contributed by atoms with Gasteiger partial charge in [0.1, 0.15) is 0 Å². The summed E-state index contributed by atoms with van der Waals surface area (Å²) < 4.78 is 7.72. The van der Waals surface area contributed by atoms with Gasteiger partial charge in [0.05, 0.1) is 24.7 Å². The molecule has 2 unspecified atom stereocenters. The molecule has 0 aromatic carbocycles. The fraction of sp³-hybridized carbons (Fsp3) is 0.786. The van der Waals surface area contributed by atoms with Crippen LogP contribution in [0.15, 0.2) is 12.5 Å². The highest BCUT2D eigenvalue weighted by atomic mass is 16.5. The Morgan fingerprint density at radius 3 is 2.83 bits per heavy atom. The van der Waals surface area contributed by atoms with Gasteiger partial charge >= 0.3 is 0 Å². The van der Waals surface area contributed by atoms with Crippen molar-refractivity contribution < 1.29 is 4.74 Å². The maximum Gasteiger partial charge on any atom is 0.0953 e. The van der Waals surface area contributed by atoms with Crippen molar-refractivity contribution in [2.75, 3.05) is 13.2 Å². The van der Waals surface area contributed by atoms with E-state index in [9.17, 15) is 0 Å². The van der Waals surface area contributed by atoms with Gasteiger partial charge in [-0.2, -0.15) is 0 Å². The first-order valence-electron chi connectivity index (χ1n) is 6.98. The molecule has 2 rings (SSSR count). The van der Waals surface area contributed by atoms with Crippen LogP contribution in [-0.2, 0) is 10.3 Å². The number of hydrogen-bond acceptors (Lipinski definition) is 3. The van der Waals surface area contributed by atoms with Crippen molar-refractivity contribution >= 4 is 0 Å². The van der Waals surface area contributed by atoms with Crippen LogP contribution in [0, 0.1) is 5.92 Å². The highest BCUT2D eigenvalue weighted by Crippen LogP contribution is 2.32. The minimum atomic E-state index is 0.0347. The van der Waals surface area contributed by atoms with Gasteiger partial charge in [0.2, 0.25) is 0 Å². The van der Waals surface area contributed by atoms with Crippen molar-refractivity contribution in [1.29, 1.82) is 0 Å². The first kappa shape index (κ1) is 13.6. The molecule has 1 aliphatic heterocycles. The second-order valence-electron chi connectivity index (χ2n) is 5.54. The molecule has 2 heterocycles. The van der Waals surface area contributed by atoms with Gasteiger partial charge in [-0.3, -0.25) is 0 Å². The van der Waals surface area contributed by atoms with E-state index in [1.54, 1.807) is 0 Å². The van der Waals surface area contributed by atoms with E-state index in [-0.39, 0.29) is 11.6 Å². The van der Waals surface area contributed by atoms with Crippen molar-refractivity contribution in [3.05, 3.63) is 18.2 Å². The van der Waals surface area contributed by atoms with Gasteiger partial charge in [0.15, 0.2) is 0 Å². The highest BCUT2D eigenvalue weighted by molar-refractivity contribution is 5.10. The quantitative estimate of drug-likeness (QED) is 0.874. The summed E-state index contributed by atoms with van der Waals surface area (Å²) >= 11 is 0. The molecule has 102 valence electrons. The second kappa shape index (κ2) is 5.41. The molecule has 4 heteroatoms. The minimum Gasteiger partial charge on any atom is -0.381 e. The number of imidazole rings is 1. The van der Waals surface area contributed by atoms with Crippen LogP contribution < -0.4 is 5.73 Å². The van der Waals surface area contributed by atoms with Crippen LogP contribution in [0.4, 0.5) is 0 Å². The number of aromatic nitrogens is 2. The smallest absolute Gasteiger partial charge is 0.0953 e. The number of nitrogens with two attached hydrogens (primary N) is 1. The molecule has 1 fully saturated rings. The molecule has 0 amide bonds. The van der Waals surface area contributed by atoms with Crippen LogP contribution in [0.25, 0.3) is 0 Å². The summed E-state index contributed by atoms with van der Waals surface area (Å²) in [5, 5.41) is 0. The molecule has 4 nitrogen and oxygen atoms in total. The summed E-state index contributed by atoms with van der Waals surface area (Å²) in [6.45, 7) is 8.33. The van der Waals surface area contributed by atoms with Crippen LogP contribution in [0.2, 0.25) is 0 Å². The third-order valence-electron chi connectivity index (χ3n) is 4.59. The lowest BCUT2D eigenvalue weighted by Crippen LogP contribution is -2.33. The Labute approximate surface area is 110 Å².